The highest BCUT2D eigenvalue weighted by Gasteiger charge is 2.34. The first-order valence-electron chi connectivity index (χ1n) is 10.5. The maximum Gasteiger partial charge on any atom is 0.257 e. The molecule has 2 heterocycles. The van der Waals surface area contributed by atoms with Crippen molar-refractivity contribution < 1.29 is 9.59 Å². The Labute approximate surface area is 190 Å². The molecule has 1 atom stereocenters. The number of carbonyl (C=O) groups excluding carboxylic acids is 2. The van der Waals surface area contributed by atoms with E-state index in [4.69, 9.17) is 0 Å². The average Bonchev–Trinajstić information content (AvgIpc) is 2.78. The Bertz CT molecular complexity index is 1220. The van der Waals surface area contributed by atoms with Gasteiger partial charge in [0.25, 0.3) is 5.56 Å². The van der Waals surface area contributed by atoms with E-state index in [2.05, 4.69) is 27.5 Å². The van der Waals surface area contributed by atoms with Crippen LogP contribution < -0.4 is 16.2 Å². The van der Waals surface area contributed by atoms with Crippen LogP contribution in [0.1, 0.15) is 41.5 Å². The van der Waals surface area contributed by atoms with Crippen LogP contribution in [0.15, 0.2) is 58.5 Å². The van der Waals surface area contributed by atoms with Crippen LogP contribution in [0.4, 0.5) is 11.5 Å². The van der Waals surface area contributed by atoms with Crippen LogP contribution in [0.5, 0.6) is 0 Å². The number of anilines is 2. The minimum absolute atomic E-state index is 0.105. The number of amides is 2. The molecule has 1 aliphatic rings. The number of benzene rings is 2. The Balaban J connectivity index is 1.56. The van der Waals surface area contributed by atoms with Gasteiger partial charge in [-0.15, -0.1) is 0 Å². The number of rotatable bonds is 6. The lowest BCUT2D eigenvalue weighted by molar-refractivity contribution is -0.123. The van der Waals surface area contributed by atoms with Crippen molar-refractivity contribution in [2.75, 3.05) is 10.6 Å². The fourth-order valence-electron chi connectivity index (χ4n) is 3.61. The number of hydrogen-bond donors (Lipinski definition) is 3. The standard InChI is InChI=1S/C24H24N4O3S/c1-3-15-8-10-17(11-9-15)25-22(30)18-12-19(29)26-21-20(18)23(31)28-24(27-21)32-13-16-7-5-4-6-14(16)2/h4-11,18H,3,12-13H2,1-2H3,(H,25,30)(H2,26,27,28,29,31)/t18-/m0/s1. The maximum absolute atomic E-state index is 12.9. The molecule has 0 saturated heterocycles. The lowest BCUT2D eigenvalue weighted by Crippen LogP contribution is -2.36. The Kier molecular flexibility index (Phi) is 6.41. The Morgan fingerprint density at radius 1 is 1.16 bits per heavy atom. The van der Waals surface area contributed by atoms with Gasteiger partial charge in [-0.25, -0.2) is 4.98 Å². The van der Waals surface area contributed by atoms with E-state index in [1.807, 2.05) is 55.5 Å². The molecule has 0 spiro atoms. The predicted octanol–water partition coefficient (Wildman–Crippen LogP) is 4.00. The van der Waals surface area contributed by atoms with Gasteiger partial charge in [0.15, 0.2) is 5.16 Å². The fourth-order valence-corrected chi connectivity index (χ4v) is 4.55. The van der Waals surface area contributed by atoms with Crippen molar-refractivity contribution in [3.8, 4) is 0 Å². The summed E-state index contributed by atoms with van der Waals surface area (Å²) in [4.78, 5) is 45.3. The Morgan fingerprint density at radius 3 is 2.62 bits per heavy atom. The summed E-state index contributed by atoms with van der Waals surface area (Å²) in [7, 11) is 0. The second kappa shape index (κ2) is 9.40. The highest BCUT2D eigenvalue weighted by Crippen LogP contribution is 2.31. The molecule has 4 rings (SSSR count). The van der Waals surface area contributed by atoms with Crippen LogP contribution in [0.2, 0.25) is 0 Å². The van der Waals surface area contributed by atoms with Crippen LogP contribution in [0, 0.1) is 6.92 Å². The van der Waals surface area contributed by atoms with E-state index >= 15 is 0 Å². The van der Waals surface area contributed by atoms with Crippen LogP contribution in [0.3, 0.4) is 0 Å². The predicted molar refractivity (Wildman–Crippen MR) is 126 cm³/mol. The van der Waals surface area contributed by atoms with Crippen molar-refractivity contribution in [3.63, 3.8) is 0 Å². The van der Waals surface area contributed by atoms with Gasteiger partial charge in [-0.05, 0) is 42.2 Å². The molecule has 0 radical (unpaired) electrons. The third-order valence-corrected chi connectivity index (χ3v) is 6.42. The minimum Gasteiger partial charge on any atom is -0.326 e. The second-order valence-electron chi connectivity index (χ2n) is 7.69. The van der Waals surface area contributed by atoms with E-state index in [9.17, 15) is 14.4 Å². The molecule has 32 heavy (non-hydrogen) atoms. The van der Waals surface area contributed by atoms with Gasteiger partial charge in [-0.1, -0.05) is 55.1 Å². The first-order chi connectivity index (χ1) is 15.4. The molecule has 1 aromatic heterocycles. The van der Waals surface area contributed by atoms with Crippen molar-refractivity contribution in [2.24, 2.45) is 0 Å². The molecule has 8 heteroatoms. The Hall–Kier alpha value is -3.39. The molecule has 7 nitrogen and oxygen atoms in total. The van der Waals surface area contributed by atoms with Gasteiger partial charge in [-0.2, -0.15) is 0 Å². The van der Waals surface area contributed by atoms with Crippen molar-refractivity contribution in [1.82, 2.24) is 9.97 Å². The van der Waals surface area contributed by atoms with Gasteiger partial charge < -0.3 is 15.6 Å². The summed E-state index contributed by atoms with van der Waals surface area (Å²) in [5, 5.41) is 5.86. The number of thioether (sulfide) groups is 1. The molecule has 1 aliphatic heterocycles. The first kappa shape index (κ1) is 21.8. The van der Waals surface area contributed by atoms with Crippen LogP contribution in [-0.4, -0.2) is 21.8 Å². The number of nitrogens with zero attached hydrogens (tertiary/aromatic N) is 1. The largest absolute Gasteiger partial charge is 0.326 e. The molecule has 2 aromatic carbocycles. The molecule has 0 saturated carbocycles. The van der Waals surface area contributed by atoms with Gasteiger partial charge in [0.2, 0.25) is 11.8 Å². The maximum atomic E-state index is 12.9. The molecule has 2 amide bonds. The number of aromatic nitrogens is 2. The van der Waals surface area contributed by atoms with Crippen LogP contribution >= 0.6 is 11.8 Å². The summed E-state index contributed by atoms with van der Waals surface area (Å²) in [6, 6.07) is 15.5. The number of aryl methyl sites for hydroxylation is 2. The van der Waals surface area contributed by atoms with Gasteiger partial charge >= 0.3 is 0 Å². The summed E-state index contributed by atoms with van der Waals surface area (Å²) in [5.74, 6) is -0.875. The van der Waals surface area contributed by atoms with Gasteiger partial charge in [0, 0.05) is 17.9 Å². The lowest BCUT2D eigenvalue weighted by Gasteiger charge is -2.23. The molecular formula is C24H24N4O3S. The summed E-state index contributed by atoms with van der Waals surface area (Å²) >= 11 is 1.37. The first-order valence-corrected chi connectivity index (χ1v) is 11.4. The number of hydrogen-bond acceptors (Lipinski definition) is 5. The van der Waals surface area contributed by atoms with Crippen molar-refractivity contribution in [2.45, 2.75) is 43.5 Å². The molecular weight excluding hydrogens is 424 g/mol. The summed E-state index contributed by atoms with van der Waals surface area (Å²) < 4.78 is 0. The van der Waals surface area contributed by atoms with Gasteiger partial charge in [0.05, 0.1) is 11.5 Å². The third kappa shape index (κ3) is 4.75. The number of carbonyl (C=O) groups is 2. The summed E-state index contributed by atoms with van der Waals surface area (Å²) in [5.41, 5.74) is 3.83. The summed E-state index contributed by atoms with van der Waals surface area (Å²) in [6.45, 7) is 4.08. The molecule has 3 aromatic rings. The Morgan fingerprint density at radius 2 is 1.91 bits per heavy atom. The van der Waals surface area contributed by atoms with Crippen LogP contribution in [0.25, 0.3) is 0 Å². The SMILES string of the molecule is CCc1ccc(NC(=O)[C@H]2CC(=O)Nc3nc(SCc4ccccc4C)[nH]c(=O)c32)cc1. The molecule has 3 N–H and O–H groups in total. The van der Waals surface area contributed by atoms with Gasteiger partial charge in [-0.3, -0.25) is 14.4 Å². The number of aromatic amines is 1. The van der Waals surface area contributed by atoms with Gasteiger partial charge in [0.1, 0.15) is 5.82 Å². The highest BCUT2D eigenvalue weighted by molar-refractivity contribution is 7.98. The van der Waals surface area contributed by atoms with E-state index < -0.39 is 17.4 Å². The average molecular weight is 449 g/mol. The number of H-pyrrole nitrogens is 1. The molecule has 0 aliphatic carbocycles. The fraction of sp³-hybridized carbons (Fsp3) is 0.250. The zero-order chi connectivity index (χ0) is 22.7. The molecule has 164 valence electrons. The smallest absolute Gasteiger partial charge is 0.257 e. The van der Waals surface area contributed by atoms with Crippen LogP contribution in [-0.2, 0) is 21.8 Å². The van der Waals surface area contributed by atoms with Crippen molar-refractivity contribution >= 4 is 35.1 Å². The lowest BCUT2D eigenvalue weighted by atomic mass is 9.92. The van der Waals surface area contributed by atoms with E-state index in [0.29, 0.717) is 16.6 Å². The van der Waals surface area contributed by atoms with Crippen molar-refractivity contribution in [1.29, 1.82) is 0 Å². The number of fused-ring (bicyclic) bond motifs is 1. The van der Waals surface area contributed by atoms with E-state index in [1.165, 1.54) is 11.8 Å². The second-order valence-corrected chi connectivity index (χ2v) is 8.66. The monoisotopic (exact) mass is 448 g/mol. The molecule has 0 unspecified atom stereocenters. The quantitative estimate of drug-likeness (QED) is 0.391. The minimum atomic E-state index is -0.906. The zero-order valence-corrected chi connectivity index (χ0v) is 18.7. The third-order valence-electron chi connectivity index (χ3n) is 5.50. The molecule has 0 bridgehead atoms. The highest BCUT2D eigenvalue weighted by atomic mass is 32.2. The number of nitrogens with one attached hydrogen (secondary N) is 3. The van der Waals surface area contributed by atoms with E-state index in [1.54, 1.807) is 0 Å². The molecule has 0 fully saturated rings. The zero-order valence-electron chi connectivity index (χ0n) is 17.9. The van der Waals surface area contributed by atoms with E-state index in [0.717, 1.165) is 23.1 Å². The normalized spacial score (nSPS) is 15.1. The topological polar surface area (TPSA) is 104 Å². The van der Waals surface area contributed by atoms with E-state index in [-0.39, 0.29) is 23.7 Å². The van der Waals surface area contributed by atoms with Crippen molar-refractivity contribution in [3.05, 3.63) is 81.1 Å². The summed E-state index contributed by atoms with van der Waals surface area (Å²) in [6.07, 6.45) is 0.794.